The summed E-state index contributed by atoms with van der Waals surface area (Å²) in [6, 6.07) is 0. The van der Waals surface area contributed by atoms with Crippen molar-refractivity contribution in [2.45, 2.75) is 19.4 Å². The summed E-state index contributed by atoms with van der Waals surface area (Å²) >= 11 is 0. The van der Waals surface area contributed by atoms with E-state index < -0.39 is 0 Å². The Morgan fingerprint density at radius 3 is 2.71 bits per heavy atom. The lowest BCUT2D eigenvalue weighted by Crippen LogP contribution is -2.53. The molecule has 2 heterocycles. The van der Waals surface area contributed by atoms with Crippen molar-refractivity contribution in [2.75, 3.05) is 39.8 Å². The van der Waals surface area contributed by atoms with Crippen LogP contribution >= 0.6 is 0 Å². The second kappa shape index (κ2) is 3.42. The Bertz CT molecular complexity index is 250. The highest BCUT2D eigenvalue weighted by molar-refractivity contribution is 5.81. The quantitative estimate of drug-likeness (QED) is 0.562. The van der Waals surface area contributed by atoms with Crippen molar-refractivity contribution < 1.29 is 4.74 Å². The molecule has 0 N–H and O–H groups in total. The smallest absolute Gasteiger partial charge is 0.196 e. The molecule has 0 bridgehead atoms. The van der Waals surface area contributed by atoms with Crippen molar-refractivity contribution in [3.63, 3.8) is 0 Å². The molecule has 2 rings (SSSR count). The van der Waals surface area contributed by atoms with Crippen LogP contribution in [0.2, 0.25) is 0 Å². The zero-order valence-corrected chi connectivity index (χ0v) is 9.29. The molecule has 1 saturated heterocycles. The van der Waals surface area contributed by atoms with Gasteiger partial charge in [0, 0.05) is 26.7 Å². The van der Waals surface area contributed by atoms with Crippen molar-refractivity contribution in [3.8, 4) is 0 Å². The van der Waals surface area contributed by atoms with E-state index in [0.29, 0.717) is 0 Å². The fourth-order valence-electron chi connectivity index (χ4n) is 2.05. The van der Waals surface area contributed by atoms with E-state index in [1.165, 1.54) is 0 Å². The number of hydrogen-bond acceptors (Lipinski definition) is 4. The summed E-state index contributed by atoms with van der Waals surface area (Å²) in [5.74, 6) is 1.14. The van der Waals surface area contributed by atoms with Gasteiger partial charge in [-0.1, -0.05) is 0 Å². The summed E-state index contributed by atoms with van der Waals surface area (Å²) in [5, 5.41) is 0. The zero-order valence-electron chi connectivity index (χ0n) is 9.29. The van der Waals surface area contributed by atoms with Crippen LogP contribution in [0.25, 0.3) is 0 Å². The standard InChI is InChI=1S/C10H19N3O/c1-10(2)8-13(6-7-14-10)9-11-4-5-12(9)3/h4-8H2,1-3H3. The Kier molecular flexibility index (Phi) is 2.39. The van der Waals surface area contributed by atoms with Crippen LogP contribution in [0.1, 0.15) is 13.8 Å². The molecule has 0 unspecified atom stereocenters. The van der Waals surface area contributed by atoms with Crippen molar-refractivity contribution in [3.05, 3.63) is 0 Å². The van der Waals surface area contributed by atoms with Gasteiger partial charge in [0.2, 0.25) is 0 Å². The highest BCUT2D eigenvalue weighted by atomic mass is 16.5. The third-order valence-electron chi connectivity index (χ3n) is 2.74. The normalized spacial score (nSPS) is 26.6. The lowest BCUT2D eigenvalue weighted by atomic mass is 10.1. The Hall–Kier alpha value is -0.770. The summed E-state index contributed by atoms with van der Waals surface area (Å²) in [6.07, 6.45) is 0. The van der Waals surface area contributed by atoms with Crippen LogP contribution in [-0.4, -0.2) is 61.2 Å². The number of aliphatic imine (C=N–C) groups is 1. The number of rotatable bonds is 0. The third-order valence-corrected chi connectivity index (χ3v) is 2.74. The number of hydrogen-bond donors (Lipinski definition) is 0. The fraction of sp³-hybridized carbons (Fsp3) is 0.900. The lowest BCUT2D eigenvalue weighted by molar-refractivity contribution is -0.0696. The van der Waals surface area contributed by atoms with Crippen LogP contribution in [0.15, 0.2) is 4.99 Å². The summed E-state index contributed by atoms with van der Waals surface area (Å²) in [5.41, 5.74) is -0.0375. The van der Waals surface area contributed by atoms with Crippen LogP contribution < -0.4 is 0 Å². The molecule has 0 aromatic carbocycles. The van der Waals surface area contributed by atoms with Gasteiger partial charge in [-0.2, -0.15) is 0 Å². The molecule has 1 fully saturated rings. The molecule has 2 aliphatic rings. The van der Waals surface area contributed by atoms with E-state index in [1.807, 2.05) is 0 Å². The van der Waals surface area contributed by atoms with Gasteiger partial charge < -0.3 is 14.5 Å². The van der Waals surface area contributed by atoms with Gasteiger partial charge in [0.25, 0.3) is 0 Å². The molecule has 2 aliphatic heterocycles. The Morgan fingerprint density at radius 2 is 2.14 bits per heavy atom. The minimum Gasteiger partial charge on any atom is -0.372 e. The highest BCUT2D eigenvalue weighted by Gasteiger charge is 2.31. The lowest BCUT2D eigenvalue weighted by Gasteiger charge is -2.40. The molecule has 0 amide bonds. The molecular formula is C10H19N3O. The van der Waals surface area contributed by atoms with Crippen LogP contribution in [0.3, 0.4) is 0 Å². The molecule has 14 heavy (non-hydrogen) atoms. The minimum absolute atomic E-state index is 0.0375. The third kappa shape index (κ3) is 1.85. The number of nitrogens with zero attached hydrogens (tertiary/aromatic N) is 3. The first-order chi connectivity index (χ1) is 6.58. The van der Waals surface area contributed by atoms with E-state index in [4.69, 9.17) is 4.74 Å². The van der Waals surface area contributed by atoms with Crippen molar-refractivity contribution in [1.29, 1.82) is 0 Å². The SMILES string of the molecule is CN1CCN=C1N1CCOC(C)(C)C1. The molecular weight excluding hydrogens is 178 g/mol. The van der Waals surface area contributed by atoms with Gasteiger partial charge in [-0.25, -0.2) is 0 Å². The van der Waals surface area contributed by atoms with Gasteiger partial charge >= 0.3 is 0 Å². The Balaban J connectivity index is 2.04. The van der Waals surface area contributed by atoms with E-state index in [9.17, 15) is 0 Å². The molecule has 0 aliphatic carbocycles. The van der Waals surface area contributed by atoms with E-state index >= 15 is 0 Å². The first kappa shape index (κ1) is 9.77. The second-order valence-corrected chi connectivity index (χ2v) is 4.63. The topological polar surface area (TPSA) is 28.1 Å². The molecule has 80 valence electrons. The average molecular weight is 197 g/mol. The average Bonchev–Trinajstić information content (AvgIpc) is 2.49. The van der Waals surface area contributed by atoms with E-state index in [-0.39, 0.29) is 5.60 Å². The summed E-state index contributed by atoms with van der Waals surface area (Å²) in [7, 11) is 2.11. The maximum atomic E-state index is 5.68. The first-order valence-corrected chi connectivity index (χ1v) is 5.23. The number of morpholine rings is 1. The summed E-state index contributed by atoms with van der Waals surface area (Å²) < 4.78 is 5.68. The molecule has 0 aromatic rings. The number of guanidine groups is 1. The predicted molar refractivity (Wildman–Crippen MR) is 56.5 cm³/mol. The van der Waals surface area contributed by atoms with Crippen LogP contribution in [0, 0.1) is 0 Å². The highest BCUT2D eigenvalue weighted by Crippen LogP contribution is 2.18. The molecule has 0 aromatic heterocycles. The van der Waals surface area contributed by atoms with Crippen LogP contribution in [0.5, 0.6) is 0 Å². The molecule has 4 nitrogen and oxygen atoms in total. The predicted octanol–water partition coefficient (Wildman–Crippen LogP) is 0.399. The van der Waals surface area contributed by atoms with E-state index in [1.54, 1.807) is 0 Å². The van der Waals surface area contributed by atoms with Gasteiger partial charge in [0.15, 0.2) is 5.96 Å². The Morgan fingerprint density at radius 1 is 1.36 bits per heavy atom. The summed E-state index contributed by atoms with van der Waals surface area (Å²) in [6.45, 7) is 8.96. The van der Waals surface area contributed by atoms with Gasteiger partial charge in [0.05, 0.1) is 18.8 Å². The largest absolute Gasteiger partial charge is 0.372 e. The van der Waals surface area contributed by atoms with Crippen LogP contribution in [-0.2, 0) is 4.74 Å². The molecule has 0 spiro atoms. The Labute approximate surface area is 85.5 Å². The van der Waals surface area contributed by atoms with Crippen molar-refractivity contribution in [1.82, 2.24) is 9.80 Å². The van der Waals surface area contributed by atoms with Gasteiger partial charge in [-0.05, 0) is 13.8 Å². The van der Waals surface area contributed by atoms with Crippen molar-refractivity contribution >= 4 is 5.96 Å². The zero-order chi connectivity index (χ0) is 10.2. The van der Waals surface area contributed by atoms with Gasteiger partial charge in [0.1, 0.15) is 0 Å². The number of ether oxygens (including phenoxy) is 1. The van der Waals surface area contributed by atoms with E-state index in [2.05, 4.69) is 35.7 Å². The van der Waals surface area contributed by atoms with Crippen molar-refractivity contribution in [2.24, 2.45) is 4.99 Å². The summed E-state index contributed by atoms with van der Waals surface area (Å²) in [4.78, 5) is 9.07. The molecule has 4 heteroatoms. The maximum Gasteiger partial charge on any atom is 0.196 e. The van der Waals surface area contributed by atoms with Gasteiger partial charge in [-0.15, -0.1) is 0 Å². The van der Waals surface area contributed by atoms with Crippen LogP contribution in [0.4, 0.5) is 0 Å². The second-order valence-electron chi connectivity index (χ2n) is 4.63. The molecule has 0 atom stereocenters. The minimum atomic E-state index is -0.0375. The first-order valence-electron chi connectivity index (χ1n) is 5.23. The maximum absolute atomic E-state index is 5.68. The molecule has 0 saturated carbocycles. The number of likely N-dealkylation sites (N-methyl/N-ethyl adjacent to an activating group) is 1. The molecule has 0 radical (unpaired) electrons. The van der Waals surface area contributed by atoms with Gasteiger partial charge in [-0.3, -0.25) is 4.99 Å². The monoisotopic (exact) mass is 197 g/mol. The van der Waals surface area contributed by atoms with E-state index in [0.717, 1.165) is 38.7 Å². The fourth-order valence-corrected chi connectivity index (χ4v) is 2.05.